The van der Waals surface area contributed by atoms with Gasteiger partial charge in [0, 0.05) is 18.8 Å². The van der Waals surface area contributed by atoms with Gasteiger partial charge in [-0.3, -0.25) is 4.79 Å². The Morgan fingerprint density at radius 1 is 1.09 bits per heavy atom. The molecule has 1 amide bonds. The third kappa shape index (κ3) is 4.14. The Balaban J connectivity index is 1.43. The first-order valence-electron chi connectivity index (χ1n) is 12.0. The number of amides is 1. The van der Waals surface area contributed by atoms with Gasteiger partial charge in [-0.25, -0.2) is 4.68 Å². The molecule has 4 aromatic rings. The topological polar surface area (TPSA) is 75.9 Å². The normalized spacial score (nSPS) is 16.1. The van der Waals surface area contributed by atoms with Crippen LogP contribution in [0.3, 0.4) is 0 Å². The lowest BCUT2D eigenvalue weighted by Crippen LogP contribution is -2.41. The molecule has 7 nitrogen and oxygen atoms in total. The van der Waals surface area contributed by atoms with Gasteiger partial charge >= 0.3 is 0 Å². The summed E-state index contributed by atoms with van der Waals surface area (Å²) >= 11 is 0. The molecule has 7 heteroatoms. The summed E-state index contributed by atoms with van der Waals surface area (Å²) in [4.78, 5) is 15.3. The molecular weight excluding hydrogens is 424 g/mol. The Morgan fingerprint density at radius 3 is 2.71 bits per heavy atom. The van der Waals surface area contributed by atoms with Crippen LogP contribution in [0.5, 0.6) is 0 Å². The Hall–Kier alpha value is -3.74. The van der Waals surface area contributed by atoms with Gasteiger partial charge in [-0.15, -0.1) is 5.10 Å². The number of nitrogens with zero attached hydrogens (tertiary/aromatic N) is 5. The molecule has 2 aromatic heterocycles. The molecule has 174 valence electrons. The quantitative estimate of drug-likeness (QED) is 0.467. The smallest absolute Gasteiger partial charge is 0.229 e. The zero-order valence-corrected chi connectivity index (χ0v) is 20.0. The highest BCUT2D eigenvalue weighted by Gasteiger charge is 2.29. The molecule has 0 bridgehead atoms. The zero-order valence-electron chi connectivity index (χ0n) is 20.0. The van der Waals surface area contributed by atoms with Crippen LogP contribution in [-0.4, -0.2) is 39.0 Å². The average molecular weight is 455 g/mol. The summed E-state index contributed by atoms with van der Waals surface area (Å²) in [6, 6.07) is 18.2. The van der Waals surface area contributed by atoms with E-state index in [1.54, 1.807) is 0 Å². The summed E-state index contributed by atoms with van der Waals surface area (Å²) < 4.78 is 1.96. The van der Waals surface area contributed by atoms with Crippen molar-refractivity contribution in [3.8, 4) is 5.69 Å². The molecule has 1 unspecified atom stereocenters. The van der Waals surface area contributed by atoms with Crippen LogP contribution in [0, 0.1) is 19.8 Å². The number of nitrogens with one attached hydrogen (secondary N) is 1. The Bertz CT molecular complexity index is 1330. The highest BCUT2D eigenvalue weighted by Crippen LogP contribution is 2.31. The van der Waals surface area contributed by atoms with Gasteiger partial charge in [0.15, 0.2) is 5.82 Å². The zero-order chi connectivity index (χ0) is 23.7. The molecule has 1 aliphatic heterocycles. The van der Waals surface area contributed by atoms with Crippen LogP contribution < -0.4 is 10.2 Å². The van der Waals surface area contributed by atoms with Gasteiger partial charge in [-0.1, -0.05) is 37.3 Å². The molecule has 0 spiro atoms. The van der Waals surface area contributed by atoms with Crippen molar-refractivity contribution in [3.63, 3.8) is 0 Å². The van der Waals surface area contributed by atoms with Crippen molar-refractivity contribution in [1.29, 1.82) is 0 Å². The van der Waals surface area contributed by atoms with E-state index in [9.17, 15) is 4.79 Å². The standard InChI is InChI=1S/C27H30N6O/c1-4-20-10-8-12-22(16-20)28-27(34)21-11-9-15-32(17-21)26-25-24(18(2)29-30-26)19(3)33(31-25)23-13-6-5-7-14-23/h5-8,10,12-14,16,21H,4,9,11,15,17H2,1-3H3,(H,28,34). The van der Waals surface area contributed by atoms with Gasteiger partial charge in [0.2, 0.25) is 5.91 Å². The van der Waals surface area contributed by atoms with Gasteiger partial charge in [-0.05, 0) is 62.9 Å². The van der Waals surface area contributed by atoms with Crippen LogP contribution in [0.4, 0.5) is 11.5 Å². The number of hydrogen-bond acceptors (Lipinski definition) is 5. The van der Waals surface area contributed by atoms with E-state index in [1.165, 1.54) is 5.56 Å². The largest absolute Gasteiger partial charge is 0.352 e. The minimum Gasteiger partial charge on any atom is -0.352 e. The molecule has 1 saturated heterocycles. The number of para-hydroxylation sites is 1. The first kappa shape index (κ1) is 22.1. The Labute approximate surface area is 199 Å². The molecule has 5 rings (SSSR count). The maximum absolute atomic E-state index is 13.1. The molecular formula is C27H30N6O. The van der Waals surface area contributed by atoms with Crippen molar-refractivity contribution in [3.05, 3.63) is 71.5 Å². The third-order valence-corrected chi connectivity index (χ3v) is 6.68. The van der Waals surface area contributed by atoms with Crippen molar-refractivity contribution in [1.82, 2.24) is 20.0 Å². The Kier molecular flexibility index (Phi) is 6.01. The number of anilines is 2. The number of fused-ring (bicyclic) bond motifs is 1. The van der Waals surface area contributed by atoms with Crippen molar-refractivity contribution >= 4 is 28.3 Å². The number of rotatable bonds is 5. The number of carbonyl (C=O) groups excluding carboxylic acids is 1. The first-order valence-corrected chi connectivity index (χ1v) is 12.0. The van der Waals surface area contributed by atoms with Crippen LogP contribution in [0.2, 0.25) is 0 Å². The summed E-state index contributed by atoms with van der Waals surface area (Å²) in [6.07, 6.45) is 2.72. The second kappa shape index (κ2) is 9.25. The van der Waals surface area contributed by atoms with E-state index < -0.39 is 0 Å². The summed E-state index contributed by atoms with van der Waals surface area (Å²) in [5.41, 5.74) is 5.82. The van der Waals surface area contributed by atoms with Gasteiger partial charge in [0.1, 0.15) is 5.52 Å². The lowest BCUT2D eigenvalue weighted by Gasteiger charge is -2.32. The van der Waals surface area contributed by atoms with Gasteiger partial charge in [0.05, 0.1) is 28.4 Å². The lowest BCUT2D eigenvalue weighted by molar-refractivity contribution is -0.120. The predicted molar refractivity (Wildman–Crippen MR) is 136 cm³/mol. The second-order valence-electron chi connectivity index (χ2n) is 8.99. The maximum atomic E-state index is 13.1. The summed E-state index contributed by atoms with van der Waals surface area (Å²) in [5, 5.41) is 18.1. The highest BCUT2D eigenvalue weighted by molar-refractivity contribution is 5.95. The van der Waals surface area contributed by atoms with E-state index in [-0.39, 0.29) is 11.8 Å². The molecule has 1 atom stereocenters. The van der Waals surface area contributed by atoms with Crippen molar-refractivity contribution < 1.29 is 4.79 Å². The molecule has 1 fully saturated rings. The lowest BCUT2D eigenvalue weighted by atomic mass is 9.96. The number of aromatic nitrogens is 4. The number of carbonyl (C=O) groups is 1. The van der Waals surface area contributed by atoms with Crippen LogP contribution in [0.1, 0.15) is 36.7 Å². The van der Waals surface area contributed by atoms with Crippen LogP contribution >= 0.6 is 0 Å². The van der Waals surface area contributed by atoms with Crippen LogP contribution in [-0.2, 0) is 11.2 Å². The van der Waals surface area contributed by atoms with Gasteiger partial charge in [-0.2, -0.15) is 10.2 Å². The SMILES string of the molecule is CCc1cccc(NC(=O)C2CCCN(c3nnc(C)c4c(C)n(-c5ccccc5)nc34)C2)c1. The minimum atomic E-state index is -0.116. The fourth-order valence-electron chi connectivity index (χ4n) is 4.84. The van der Waals surface area contributed by atoms with E-state index in [0.29, 0.717) is 6.54 Å². The van der Waals surface area contributed by atoms with E-state index in [0.717, 1.165) is 65.3 Å². The predicted octanol–water partition coefficient (Wildman–Crippen LogP) is 4.85. The highest BCUT2D eigenvalue weighted by atomic mass is 16.1. The fraction of sp³-hybridized carbons (Fsp3) is 0.333. The minimum absolute atomic E-state index is 0.0558. The number of benzene rings is 2. The Morgan fingerprint density at radius 2 is 1.91 bits per heavy atom. The van der Waals surface area contributed by atoms with Gasteiger partial charge < -0.3 is 10.2 Å². The van der Waals surface area contributed by atoms with Crippen LogP contribution in [0.15, 0.2) is 54.6 Å². The molecule has 1 aliphatic rings. The molecule has 2 aromatic carbocycles. The van der Waals surface area contributed by atoms with Crippen molar-refractivity contribution in [2.75, 3.05) is 23.3 Å². The van der Waals surface area contributed by atoms with Crippen molar-refractivity contribution in [2.45, 2.75) is 40.0 Å². The van der Waals surface area contributed by atoms with Crippen LogP contribution in [0.25, 0.3) is 16.6 Å². The van der Waals surface area contributed by atoms with Gasteiger partial charge in [0.25, 0.3) is 0 Å². The number of hydrogen-bond donors (Lipinski definition) is 1. The summed E-state index contributed by atoms with van der Waals surface area (Å²) in [7, 11) is 0. The molecule has 3 heterocycles. The molecule has 0 radical (unpaired) electrons. The van der Waals surface area contributed by atoms with E-state index in [4.69, 9.17) is 5.10 Å². The summed E-state index contributed by atoms with van der Waals surface area (Å²) in [5.74, 6) is 0.693. The van der Waals surface area contributed by atoms with Crippen molar-refractivity contribution in [2.24, 2.45) is 5.92 Å². The molecule has 34 heavy (non-hydrogen) atoms. The monoisotopic (exact) mass is 454 g/mol. The first-order chi connectivity index (χ1) is 16.5. The second-order valence-corrected chi connectivity index (χ2v) is 8.99. The van der Waals surface area contributed by atoms with E-state index >= 15 is 0 Å². The number of aryl methyl sites for hydroxylation is 3. The molecule has 0 saturated carbocycles. The molecule has 0 aliphatic carbocycles. The third-order valence-electron chi connectivity index (χ3n) is 6.68. The average Bonchev–Trinajstić information content (AvgIpc) is 3.23. The number of piperidine rings is 1. The van der Waals surface area contributed by atoms with E-state index in [1.807, 2.05) is 60.1 Å². The molecule has 1 N–H and O–H groups in total. The van der Waals surface area contributed by atoms with E-state index in [2.05, 4.69) is 40.3 Å². The summed E-state index contributed by atoms with van der Waals surface area (Å²) in [6.45, 7) is 7.59. The maximum Gasteiger partial charge on any atom is 0.229 e. The fourth-order valence-corrected chi connectivity index (χ4v) is 4.84.